The number of carbonyl (C=O) groups excluding carboxylic acids is 2. The maximum absolute atomic E-state index is 13.5. The number of aromatic amines is 1. The summed E-state index contributed by atoms with van der Waals surface area (Å²) in [6.07, 6.45) is 4.39. The number of nitrogens with zero attached hydrogens (tertiary/aromatic N) is 3. The second-order valence-corrected chi connectivity index (χ2v) is 9.85. The average molecular weight is 543 g/mol. The van der Waals surface area contributed by atoms with Crippen molar-refractivity contribution in [2.24, 2.45) is 0 Å². The van der Waals surface area contributed by atoms with E-state index in [4.69, 9.17) is 21.1 Å². The predicted octanol–water partition coefficient (Wildman–Crippen LogP) is 1.86. The molecule has 0 bridgehead atoms. The van der Waals surface area contributed by atoms with E-state index in [1.165, 1.54) is 12.4 Å². The molecule has 5 rings (SSSR count). The van der Waals surface area contributed by atoms with Gasteiger partial charge in [0.05, 0.1) is 54.5 Å². The number of aromatic nitrogens is 3. The van der Waals surface area contributed by atoms with E-state index in [1.807, 2.05) is 0 Å². The van der Waals surface area contributed by atoms with Gasteiger partial charge in [0.2, 0.25) is 0 Å². The molecule has 0 radical (unpaired) electrons. The Kier molecular flexibility index (Phi) is 8.50. The first kappa shape index (κ1) is 26.5. The number of aliphatic hydroxyl groups is 1. The van der Waals surface area contributed by atoms with Gasteiger partial charge in [-0.05, 0) is 31.0 Å². The molecule has 11 nitrogen and oxygen atoms in total. The predicted molar refractivity (Wildman–Crippen MR) is 142 cm³/mol. The number of hydrogen-bond donors (Lipinski definition) is 4. The smallest absolute Gasteiger partial charge is 0.251 e. The topological polar surface area (TPSA) is 142 Å². The lowest BCUT2D eigenvalue weighted by Gasteiger charge is -2.29. The lowest BCUT2D eigenvalue weighted by molar-refractivity contribution is -0.0224. The lowest BCUT2D eigenvalue weighted by atomic mass is 10.0. The number of benzene rings is 1. The fourth-order valence-electron chi connectivity index (χ4n) is 4.75. The largest absolute Gasteiger partial charge is 0.394 e. The Balaban J connectivity index is 1.28. The van der Waals surface area contributed by atoms with Crippen molar-refractivity contribution in [3.05, 3.63) is 52.4 Å². The zero-order valence-corrected chi connectivity index (χ0v) is 21.7. The third-order valence-corrected chi connectivity index (χ3v) is 7.24. The number of ketones is 1. The summed E-state index contributed by atoms with van der Waals surface area (Å²) in [5, 5.41) is 16.3. The molecule has 2 aliphatic heterocycles. The highest BCUT2D eigenvalue weighted by Gasteiger charge is 2.25. The zero-order chi connectivity index (χ0) is 26.5. The molecule has 0 spiro atoms. The Morgan fingerprint density at radius 2 is 2.03 bits per heavy atom. The van der Waals surface area contributed by atoms with Crippen molar-refractivity contribution in [2.75, 3.05) is 57.9 Å². The summed E-state index contributed by atoms with van der Waals surface area (Å²) in [5.41, 5.74) is 1.55. The molecule has 4 heterocycles. The minimum absolute atomic E-state index is 0.00339. The van der Waals surface area contributed by atoms with Crippen LogP contribution in [-0.4, -0.2) is 101 Å². The highest BCUT2D eigenvalue weighted by atomic mass is 35.5. The maximum Gasteiger partial charge on any atom is 0.251 e. The van der Waals surface area contributed by atoms with Gasteiger partial charge in [-0.3, -0.25) is 14.5 Å². The minimum atomic E-state index is -0.307. The van der Waals surface area contributed by atoms with Gasteiger partial charge in [0, 0.05) is 43.5 Å². The lowest BCUT2D eigenvalue weighted by Crippen LogP contribution is -2.41. The summed E-state index contributed by atoms with van der Waals surface area (Å²) < 4.78 is 11.0. The first-order valence-electron chi connectivity index (χ1n) is 12.8. The molecule has 2 saturated heterocycles. The summed E-state index contributed by atoms with van der Waals surface area (Å²) >= 11 is 6.50. The molecule has 38 heavy (non-hydrogen) atoms. The Labute approximate surface area is 224 Å². The summed E-state index contributed by atoms with van der Waals surface area (Å²) in [6.45, 7) is 4.80. The average Bonchev–Trinajstić information content (AvgIpc) is 3.39. The molecule has 2 aromatic heterocycles. The first-order valence-corrected chi connectivity index (χ1v) is 13.1. The SMILES string of the molecule is O=C(NCCN1CCOCC1)c1ccc(C(=O)c2c[nH]c3ncnc(N[C@@H]4CC[C@@H](CO)OC4)c23)c(Cl)c1. The van der Waals surface area contributed by atoms with Gasteiger partial charge in [-0.2, -0.15) is 0 Å². The highest BCUT2D eigenvalue weighted by Crippen LogP contribution is 2.29. The van der Waals surface area contributed by atoms with Gasteiger partial charge in [0.25, 0.3) is 5.91 Å². The number of amides is 1. The van der Waals surface area contributed by atoms with Crippen LogP contribution >= 0.6 is 11.6 Å². The molecule has 4 N–H and O–H groups in total. The summed E-state index contributed by atoms with van der Waals surface area (Å²) in [4.78, 5) is 40.1. The molecular weight excluding hydrogens is 512 g/mol. The van der Waals surface area contributed by atoms with E-state index in [0.29, 0.717) is 54.3 Å². The van der Waals surface area contributed by atoms with Gasteiger partial charge < -0.3 is 30.2 Å². The maximum atomic E-state index is 13.5. The molecule has 0 saturated carbocycles. The molecule has 202 valence electrons. The van der Waals surface area contributed by atoms with Gasteiger partial charge in [-0.1, -0.05) is 11.6 Å². The van der Waals surface area contributed by atoms with Gasteiger partial charge in [0.1, 0.15) is 17.8 Å². The van der Waals surface area contributed by atoms with Gasteiger partial charge in [-0.25, -0.2) is 9.97 Å². The zero-order valence-electron chi connectivity index (χ0n) is 20.9. The third kappa shape index (κ3) is 5.97. The number of hydrogen-bond acceptors (Lipinski definition) is 9. The van der Waals surface area contributed by atoms with Crippen LogP contribution in [0.1, 0.15) is 39.1 Å². The number of halogens is 1. The molecule has 1 aromatic carbocycles. The van der Waals surface area contributed by atoms with Crippen LogP contribution in [0.3, 0.4) is 0 Å². The number of anilines is 1. The van der Waals surface area contributed by atoms with Crippen LogP contribution in [0, 0.1) is 0 Å². The monoisotopic (exact) mass is 542 g/mol. The van der Waals surface area contributed by atoms with Gasteiger partial charge in [-0.15, -0.1) is 0 Å². The van der Waals surface area contributed by atoms with Gasteiger partial charge >= 0.3 is 0 Å². The van der Waals surface area contributed by atoms with Crippen LogP contribution in [0.4, 0.5) is 5.82 Å². The molecule has 12 heteroatoms. The van der Waals surface area contributed by atoms with Crippen LogP contribution in [0.15, 0.2) is 30.7 Å². The van der Waals surface area contributed by atoms with Crippen molar-refractivity contribution >= 4 is 40.1 Å². The second kappa shape index (κ2) is 12.2. The van der Waals surface area contributed by atoms with Crippen molar-refractivity contribution in [1.29, 1.82) is 0 Å². The van der Waals surface area contributed by atoms with Crippen molar-refractivity contribution in [3.63, 3.8) is 0 Å². The van der Waals surface area contributed by atoms with E-state index >= 15 is 0 Å². The number of morpholine rings is 1. The Hall–Kier alpha value is -3.09. The summed E-state index contributed by atoms with van der Waals surface area (Å²) in [7, 11) is 0. The van der Waals surface area contributed by atoms with Crippen molar-refractivity contribution in [2.45, 2.75) is 25.0 Å². The second-order valence-electron chi connectivity index (χ2n) is 9.44. The first-order chi connectivity index (χ1) is 18.5. The number of nitrogens with one attached hydrogen (secondary N) is 3. The Morgan fingerprint density at radius 1 is 1.18 bits per heavy atom. The molecule has 2 fully saturated rings. The summed E-state index contributed by atoms with van der Waals surface area (Å²) in [6, 6.07) is 4.67. The van der Waals surface area contributed by atoms with E-state index in [0.717, 1.165) is 32.5 Å². The van der Waals surface area contributed by atoms with E-state index in [2.05, 4.69) is 30.5 Å². The molecular formula is C26H31ClN6O5. The fourth-order valence-corrected chi connectivity index (χ4v) is 5.01. The number of H-pyrrole nitrogens is 1. The van der Waals surface area contributed by atoms with Crippen LogP contribution in [0.25, 0.3) is 11.0 Å². The molecule has 0 unspecified atom stereocenters. The van der Waals surface area contributed by atoms with Crippen molar-refractivity contribution in [3.8, 4) is 0 Å². The molecule has 0 aliphatic carbocycles. The van der Waals surface area contributed by atoms with Crippen LogP contribution in [0.5, 0.6) is 0 Å². The minimum Gasteiger partial charge on any atom is -0.394 e. The molecule has 3 aromatic rings. The van der Waals surface area contributed by atoms with E-state index in [-0.39, 0.29) is 41.0 Å². The van der Waals surface area contributed by atoms with Crippen molar-refractivity contribution in [1.82, 2.24) is 25.2 Å². The number of ether oxygens (including phenoxy) is 2. The molecule has 2 atom stereocenters. The Bertz CT molecular complexity index is 1290. The third-order valence-electron chi connectivity index (χ3n) is 6.92. The van der Waals surface area contributed by atoms with E-state index in [9.17, 15) is 14.7 Å². The fraction of sp³-hybridized carbons (Fsp3) is 0.462. The highest BCUT2D eigenvalue weighted by molar-refractivity contribution is 6.36. The van der Waals surface area contributed by atoms with E-state index < -0.39 is 0 Å². The standard InChI is InChI=1S/C26H31ClN6O5/c27-21-11-16(26(36)28-5-6-33-7-9-37-10-8-33)1-4-19(21)23(35)20-12-29-24-22(20)25(31-15-30-24)32-17-2-3-18(13-34)38-14-17/h1,4,11-12,15,17-18,34H,2-3,5-10,13-14H2,(H,28,36)(H2,29,30,31,32)/t17-,18+/m1/s1. The van der Waals surface area contributed by atoms with Crippen LogP contribution < -0.4 is 10.6 Å². The number of fused-ring (bicyclic) bond motifs is 1. The Morgan fingerprint density at radius 3 is 2.76 bits per heavy atom. The number of aliphatic hydroxyl groups excluding tert-OH is 1. The normalized spacial score (nSPS) is 20.4. The van der Waals surface area contributed by atoms with Gasteiger partial charge in [0.15, 0.2) is 5.78 Å². The van der Waals surface area contributed by atoms with Crippen LogP contribution in [0.2, 0.25) is 5.02 Å². The van der Waals surface area contributed by atoms with E-state index in [1.54, 1.807) is 18.3 Å². The molecule has 2 aliphatic rings. The summed E-state index contributed by atoms with van der Waals surface area (Å²) in [5.74, 6) is -0.0362. The van der Waals surface area contributed by atoms with Crippen molar-refractivity contribution < 1.29 is 24.2 Å². The number of rotatable bonds is 9. The van der Waals surface area contributed by atoms with Crippen LogP contribution in [-0.2, 0) is 9.47 Å². The number of carbonyl (C=O) groups is 2. The molecule has 1 amide bonds. The quantitative estimate of drug-likeness (QED) is 0.298.